The SMILES string of the molecule is CCOC(C)(C)C(=O)Nc1ncnn2c([C@]3(C#N)O[C@H](COC(=O)Cc4ccccc4)[C@@H](OC(=O)[C@@H](N)C(C)C)[C@H]3O)ccc12. The third-order valence-electron chi connectivity index (χ3n) is 7.56. The van der Waals surface area contributed by atoms with Gasteiger partial charge in [0.2, 0.25) is 5.60 Å². The summed E-state index contributed by atoms with van der Waals surface area (Å²) in [6.45, 7) is 8.33. The maximum Gasteiger partial charge on any atom is 0.323 e. The van der Waals surface area contributed by atoms with Crippen molar-refractivity contribution in [3.63, 3.8) is 0 Å². The molecule has 3 heterocycles. The van der Waals surface area contributed by atoms with Gasteiger partial charge in [-0.3, -0.25) is 14.4 Å². The molecule has 1 fully saturated rings. The number of carbonyl (C=O) groups excluding carboxylic acids is 3. The number of nitrogens with one attached hydrogen (secondary N) is 1. The van der Waals surface area contributed by atoms with E-state index in [0.29, 0.717) is 6.61 Å². The van der Waals surface area contributed by atoms with Crippen molar-refractivity contribution >= 4 is 29.2 Å². The first kappa shape index (κ1) is 33.5. The molecule has 0 unspecified atom stereocenters. The first-order valence-electron chi connectivity index (χ1n) is 14.6. The highest BCUT2D eigenvalue weighted by molar-refractivity contribution is 5.98. The number of aliphatic hydroxyl groups excluding tert-OH is 1. The van der Waals surface area contributed by atoms with Crippen LogP contribution in [0.25, 0.3) is 5.52 Å². The number of benzene rings is 1. The number of hydrogen-bond acceptors (Lipinski definition) is 12. The summed E-state index contributed by atoms with van der Waals surface area (Å²) in [7, 11) is 0. The minimum Gasteiger partial charge on any atom is -0.463 e. The zero-order valence-electron chi connectivity index (χ0n) is 25.8. The van der Waals surface area contributed by atoms with E-state index in [4.69, 9.17) is 24.7 Å². The second kappa shape index (κ2) is 13.7. The lowest BCUT2D eigenvalue weighted by atomic mass is 9.92. The fourth-order valence-corrected chi connectivity index (χ4v) is 4.91. The Bertz CT molecular complexity index is 1570. The fraction of sp³-hybridized carbons (Fsp3) is 0.484. The highest BCUT2D eigenvalue weighted by Gasteiger charge is 2.60. The minimum absolute atomic E-state index is 0.0307. The van der Waals surface area contributed by atoms with Crippen LogP contribution < -0.4 is 11.1 Å². The molecule has 4 rings (SSSR count). The molecule has 1 amide bonds. The van der Waals surface area contributed by atoms with Crippen LogP contribution in [0.2, 0.25) is 0 Å². The molecule has 1 aliphatic rings. The van der Waals surface area contributed by atoms with Gasteiger partial charge < -0.3 is 35.1 Å². The van der Waals surface area contributed by atoms with Crippen molar-refractivity contribution in [3.05, 3.63) is 60.0 Å². The largest absolute Gasteiger partial charge is 0.463 e. The summed E-state index contributed by atoms with van der Waals surface area (Å²) in [4.78, 5) is 42.6. The van der Waals surface area contributed by atoms with Crippen molar-refractivity contribution in [2.24, 2.45) is 11.7 Å². The Balaban J connectivity index is 1.66. The van der Waals surface area contributed by atoms with Gasteiger partial charge in [0.1, 0.15) is 48.4 Å². The van der Waals surface area contributed by atoms with Crippen molar-refractivity contribution in [2.75, 3.05) is 18.5 Å². The number of ether oxygens (including phenoxy) is 4. The molecule has 0 radical (unpaired) electrons. The third kappa shape index (κ3) is 6.97. The molecular formula is C31H38N6O8. The average Bonchev–Trinajstić information content (AvgIpc) is 3.56. The molecule has 4 N–H and O–H groups in total. The molecule has 1 aliphatic heterocycles. The summed E-state index contributed by atoms with van der Waals surface area (Å²) < 4.78 is 24.0. The number of aromatic nitrogens is 3. The van der Waals surface area contributed by atoms with Crippen LogP contribution in [0.15, 0.2) is 48.8 Å². The Hall–Kier alpha value is -4.42. The van der Waals surface area contributed by atoms with E-state index in [9.17, 15) is 24.8 Å². The monoisotopic (exact) mass is 622 g/mol. The van der Waals surface area contributed by atoms with Crippen LogP contribution in [0.3, 0.4) is 0 Å². The first-order valence-corrected chi connectivity index (χ1v) is 14.6. The van der Waals surface area contributed by atoms with E-state index < -0.39 is 60.0 Å². The van der Waals surface area contributed by atoms with Gasteiger partial charge in [-0.15, -0.1) is 0 Å². The lowest BCUT2D eigenvalue weighted by molar-refractivity contribution is -0.162. The predicted molar refractivity (Wildman–Crippen MR) is 159 cm³/mol. The lowest BCUT2D eigenvalue weighted by Gasteiger charge is -2.26. The number of aliphatic hydroxyl groups is 1. The maximum absolute atomic E-state index is 12.9. The first-order chi connectivity index (χ1) is 21.3. The number of nitrogens with two attached hydrogens (primary N) is 1. The second-order valence-corrected chi connectivity index (χ2v) is 11.5. The molecule has 240 valence electrons. The molecule has 0 bridgehead atoms. The van der Waals surface area contributed by atoms with Gasteiger partial charge in [-0.2, -0.15) is 10.4 Å². The molecular weight excluding hydrogens is 584 g/mol. The number of hydrogen-bond donors (Lipinski definition) is 3. The predicted octanol–water partition coefficient (Wildman–Crippen LogP) is 1.64. The molecule has 0 aliphatic carbocycles. The lowest BCUT2D eigenvalue weighted by Crippen LogP contribution is -2.46. The van der Waals surface area contributed by atoms with Gasteiger partial charge in [0.25, 0.3) is 5.91 Å². The van der Waals surface area contributed by atoms with Crippen molar-refractivity contribution < 1.29 is 38.4 Å². The van der Waals surface area contributed by atoms with Crippen LogP contribution in [-0.2, 0) is 45.4 Å². The number of nitriles is 1. The highest BCUT2D eigenvalue weighted by Crippen LogP contribution is 2.42. The molecule has 14 heteroatoms. The van der Waals surface area contributed by atoms with E-state index in [1.165, 1.54) is 16.6 Å². The van der Waals surface area contributed by atoms with Crippen LogP contribution in [-0.4, -0.2) is 80.7 Å². The molecule has 45 heavy (non-hydrogen) atoms. The van der Waals surface area contributed by atoms with Crippen LogP contribution >= 0.6 is 0 Å². The fourth-order valence-electron chi connectivity index (χ4n) is 4.91. The van der Waals surface area contributed by atoms with Crippen LogP contribution in [0.1, 0.15) is 45.9 Å². The summed E-state index contributed by atoms with van der Waals surface area (Å²) in [5.41, 5.74) is 3.76. The Kier molecular flexibility index (Phi) is 10.2. The molecule has 3 aromatic rings. The Labute approximate surface area is 260 Å². The van der Waals surface area contributed by atoms with Gasteiger partial charge >= 0.3 is 11.9 Å². The highest BCUT2D eigenvalue weighted by atomic mass is 16.6. The number of anilines is 1. The summed E-state index contributed by atoms with van der Waals surface area (Å²) in [5, 5.41) is 29.0. The van der Waals surface area contributed by atoms with Crippen molar-refractivity contribution in [1.82, 2.24) is 14.6 Å². The standard InChI is InChI=1S/C31H38N6O8/c1-6-43-30(4,5)29(41)36-27-20-12-13-22(37(20)35-17-34-27)31(16-32)26(39)25(44-28(40)24(33)18(2)3)21(45-31)15-42-23(38)14-19-10-8-7-9-11-19/h7-13,17-18,21,24-26,39H,6,14-15,33H2,1-5H3,(H,34,35,36,41)/t21-,24+,25-,26-,31+/m1/s1. The molecule has 5 atom stereocenters. The number of amides is 1. The van der Waals surface area contributed by atoms with E-state index in [2.05, 4.69) is 15.4 Å². The van der Waals surface area contributed by atoms with Crippen LogP contribution in [0.5, 0.6) is 0 Å². The normalized spacial score (nSPS) is 22.2. The van der Waals surface area contributed by atoms with E-state index >= 15 is 0 Å². The minimum atomic E-state index is -2.14. The van der Waals surface area contributed by atoms with Gasteiger partial charge in [-0.05, 0) is 44.4 Å². The zero-order valence-corrected chi connectivity index (χ0v) is 25.8. The number of fused-ring (bicyclic) bond motifs is 1. The van der Waals surface area contributed by atoms with E-state index in [0.717, 1.165) is 11.9 Å². The third-order valence-corrected chi connectivity index (χ3v) is 7.56. The van der Waals surface area contributed by atoms with Gasteiger partial charge in [-0.1, -0.05) is 44.2 Å². The van der Waals surface area contributed by atoms with Gasteiger partial charge in [-0.25, -0.2) is 9.50 Å². The summed E-state index contributed by atoms with van der Waals surface area (Å²) in [5.74, 6) is -2.05. The maximum atomic E-state index is 12.9. The molecule has 0 saturated carbocycles. The topological polar surface area (TPSA) is 200 Å². The molecule has 14 nitrogen and oxygen atoms in total. The summed E-state index contributed by atoms with van der Waals surface area (Å²) in [6, 6.07) is 12.9. The van der Waals surface area contributed by atoms with Gasteiger partial charge in [0.05, 0.1) is 12.1 Å². The summed E-state index contributed by atoms with van der Waals surface area (Å²) >= 11 is 0. The Morgan fingerprint density at radius 2 is 1.93 bits per heavy atom. The van der Waals surface area contributed by atoms with Gasteiger partial charge in [0, 0.05) is 6.61 Å². The van der Waals surface area contributed by atoms with Gasteiger partial charge in [0.15, 0.2) is 11.9 Å². The van der Waals surface area contributed by atoms with E-state index in [1.807, 2.05) is 12.1 Å². The molecule has 0 spiro atoms. The number of esters is 2. The Morgan fingerprint density at radius 1 is 1.22 bits per heavy atom. The number of rotatable bonds is 12. The summed E-state index contributed by atoms with van der Waals surface area (Å²) in [6.07, 6.45) is -3.32. The molecule has 1 saturated heterocycles. The molecule has 1 aromatic carbocycles. The number of nitrogens with zero attached hydrogens (tertiary/aromatic N) is 4. The van der Waals surface area contributed by atoms with Crippen molar-refractivity contribution in [1.29, 1.82) is 5.26 Å². The zero-order chi connectivity index (χ0) is 32.9. The molecule has 2 aromatic heterocycles. The quantitative estimate of drug-likeness (QED) is 0.247. The van der Waals surface area contributed by atoms with E-state index in [-0.39, 0.29) is 29.4 Å². The smallest absolute Gasteiger partial charge is 0.323 e. The van der Waals surface area contributed by atoms with Crippen molar-refractivity contribution in [2.45, 2.75) is 76.6 Å². The Morgan fingerprint density at radius 3 is 2.58 bits per heavy atom. The second-order valence-electron chi connectivity index (χ2n) is 11.5. The van der Waals surface area contributed by atoms with E-state index in [1.54, 1.807) is 58.9 Å². The van der Waals surface area contributed by atoms with Crippen molar-refractivity contribution in [3.8, 4) is 6.07 Å². The number of carbonyl (C=O) groups is 3. The average molecular weight is 623 g/mol. The van der Waals surface area contributed by atoms with Crippen LogP contribution in [0.4, 0.5) is 5.82 Å². The van der Waals surface area contributed by atoms with Crippen LogP contribution in [0, 0.1) is 17.2 Å².